The molecule has 0 saturated carbocycles. The summed E-state index contributed by atoms with van der Waals surface area (Å²) in [7, 11) is 0. The summed E-state index contributed by atoms with van der Waals surface area (Å²) < 4.78 is 0. The van der Waals surface area contributed by atoms with Crippen molar-refractivity contribution in [2.75, 3.05) is 0 Å². The van der Waals surface area contributed by atoms with E-state index in [-0.39, 0.29) is 0 Å². The Balaban J connectivity index is 1.78. The summed E-state index contributed by atoms with van der Waals surface area (Å²) in [6, 6.07) is 23.9. The third-order valence-corrected chi connectivity index (χ3v) is 4.25. The summed E-state index contributed by atoms with van der Waals surface area (Å²) >= 11 is 0. The molecule has 0 heterocycles. The molecule has 20 heavy (non-hydrogen) atoms. The van der Waals surface area contributed by atoms with Crippen LogP contribution in [0.1, 0.15) is 29.0 Å². The van der Waals surface area contributed by atoms with Gasteiger partial charge in [-0.1, -0.05) is 66.7 Å². The Morgan fingerprint density at radius 1 is 0.800 bits per heavy atom. The van der Waals surface area contributed by atoms with Crippen LogP contribution >= 0.6 is 0 Å². The van der Waals surface area contributed by atoms with Crippen LogP contribution in [0.25, 0.3) is 10.8 Å². The first-order valence-corrected chi connectivity index (χ1v) is 7.24. The lowest BCUT2D eigenvalue weighted by Crippen LogP contribution is -2.11. The molecular weight excluding hydrogens is 240 g/mol. The largest absolute Gasteiger partial charge is 0.0620 e. The van der Waals surface area contributed by atoms with E-state index in [0.717, 1.165) is 12.8 Å². The molecule has 0 heteroatoms. The van der Waals surface area contributed by atoms with Gasteiger partial charge in [0, 0.05) is 6.42 Å². The van der Waals surface area contributed by atoms with Gasteiger partial charge in [0.15, 0.2) is 0 Å². The molecule has 0 bridgehead atoms. The highest BCUT2D eigenvalue weighted by molar-refractivity contribution is 5.86. The highest BCUT2D eigenvalue weighted by atomic mass is 14.2. The van der Waals surface area contributed by atoms with Crippen LogP contribution in [0, 0.1) is 6.42 Å². The quantitative estimate of drug-likeness (QED) is 0.575. The molecule has 0 spiro atoms. The summed E-state index contributed by atoms with van der Waals surface area (Å²) in [6.07, 6.45) is 6.01. The molecule has 3 aromatic carbocycles. The molecule has 0 aliphatic heterocycles. The third kappa shape index (κ3) is 1.92. The summed E-state index contributed by atoms with van der Waals surface area (Å²) in [5.41, 5.74) is 4.14. The van der Waals surface area contributed by atoms with E-state index in [1.807, 2.05) is 0 Å². The molecule has 1 aliphatic carbocycles. The normalized spacial score (nSPS) is 17.9. The number of aryl methyl sites for hydroxylation is 1. The maximum Gasteiger partial charge on any atom is 0.0248 e. The van der Waals surface area contributed by atoms with Gasteiger partial charge in [-0.3, -0.25) is 0 Å². The Morgan fingerprint density at radius 3 is 2.60 bits per heavy atom. The molecule has 96 valence electrons. The topological polar surface area (TPSA) is 0 Å². The van der Waals surface area contributed by atoms with E-state index in [1.165, 1.54) is 27.5 Å². The minimum Gasteiger partial charge on any atom is -0.0620 e. The van der Waals surface area contributed by atoms with Gasteiger partial charge in [0.25, 0.3) is 0 Å². The van der Waals surface area contributed by atoms with E-state index in [9.17, 15) is 0 Å². The zero-order chi connectivity index (χ0) is 13.4. The SMILES string of the molecule is [C]1c2ccccc2CCC1c1cccc2ccccc12. The summed E-state index contributed by atoms with van der Waals surface area (Å²) in [5.74, 6) is 0.413. The number of fused-ring (bicyclic) bond motifs is 2. The predicted molar refractivity (Wildman–Crippen MR) is 83.8 cm³/mol. The van der Waals surface area contributed by atoms with Crippen LogP contribution < -0.4 is 0 Å². The number of hydrogen-bond acceptors (Lipinski definition) is 0. The van der Waals surface area contributed by atoms with E-state index in [4.69, 9.17) is 0 Å². The predicted octanol–water partition coefficient (Wildman–Crippen LogP) is 5.00. The van der Waals surface area contributed by atoms with E-state index in [1.54, 1.807) is 0 Å². The van der Waals surface area contributed by atoms with Crippen molar-refractivity contribution >= 4 is 10.8 Å². The Kier molecular flexibility index (Phi) is 2.81. The second kappa shape index (κ2) is 4.79. The van der Waals surface area contributed by atoms with Gasteiger partial charge in [-0.15, -0.1) is 0 Å². The second-order valence-electron chi connectivity index (χ2n) is 5.46. The molecule has 2 radical (unpaired) electrons. The maximum absolute atomic E-state index is 3.71. The molecular formula is C20H16. The zero-order valence-electron chi connectivity index (χ0n) is 11.3. The molecule has 1 aliphatic rings. The van der Waals surface area contributed by atoms with Crippen LogP contribution in [-0.4, -0.2) is 0 Å². The number of rotatable bonds is 1. The van der Waals surface area contributed by atoms with Crippen molar-refractivity contribution in [2.24, 2.45) is 0 Å². The average molecular weight is 256 g/mol. The van der Waals surface area contributed by atoms with Crippen molar-refractivity contribution in [1.82, 2.24) is 0 Å². The Hall–Kier alpha value is -2.08. The van der Waals surface area contributed by atoms with Crippen LogP contribution in [-0.2, 0) is 6.42 Å². The molecule has 1 unspecified atom stereocenters. The van der Waals surface area contributed by atoms with Gasteiger partial charge in [0.05, 0.1) is 0 Å². The van der Waals surface area contributed by atoms with Gasteiger partial charge in [0.2, 0.25) is 0 Å². The highest BCUT2D eigenvalue weighted by Gasteiger charge is 2.21. The number of hydrogen-bond donors (Lipinski definition) is 0. The lowest BCUT2D eigenvalue weighted by Gasteiger charge is -2.25. The van der Waals surface area contributed by atoms with Crippen LogP contribution in [0.3, 0.4) is 0 Å². The maximum atomic E-state index is 3.71. The molecule has 0 aromatic heterocycles. The lowest BCUT2D eigenvalue weighted by atomic mass is 9.79. The minimum atomic E-state index is 0.413. The lowest BCUT2D eigenvalue weighted by molar-refractivity contribution is 0.678. The highest BCUT2D eigenvalue weighted by Crippen LogP contribution is 2.37. The fourth-order valence-electron chi connectivity index (χ4n) is 3.23. The van der Waals surface area contributed by atoms with Gasteiger partial charge in [-0.05, 0) is 46.2 Å². The van der Waals surface area contributed by atoms with E-state index in [0.29, 0.717) is 5.92 Å². The van der Waals surface area contributed by atoms with Crippen molar-refractivity contribution in [3.8, 4) is 0 Å². The first-order valence-electron chi connectivity index (χ1n) is 7.24. The second-order valence-corrected chi connectivity index (χ2v) is 5.46. The molecule has 0 amide bonds. The summed E-state index contributed by atoms with van der Waals surface area (Å²) in [5, 5.41) is 2.69. The van der Waals surface area contributed by atoms with E-state index >= 15 is 0 Å². The van der Waals surface area contributed by atoms with E-state index < -0.39 is 0 Å². The smallest absolute Gasteiger partial charge is 0.0248 e. The molecule has 0 fully saturated rings. The van der Waals surface area contributed by atoms with Gasteiger partial charge in [-0.2, -0.15) is 0 Å². The first-order chi connectivity index (χ1) is 9.92. The average Bonchev–Trinajstić information content (AvgIpc) is 2.54. The zero-order valence-corrected chi connectivity index (χ0v) is 11.3. The molecule has 4 rings (SSSR count). The molecule has 0 N–H and O–H groups in total. The third-order valence-electron chi connectivity index (χ3n) is 4.25. The van der Waals surface area contributed by atoms with Crippen LogP contribution in [0.5, 0.6) is 0 Å². The van der Waals surface area contributed by atoms with Crippen molar-refractivity contribution in [3.05, 3.63) is 89.8 Å². The first kappa shape index (κ1) is 11.7. The molecule has 0 nitrogen and oxygen atoms in total. The van der Waals surface area contributed by atoms with Gasteiger partial charge >= 0.3 is 0 Å². The fourth-order valence-corrected chi connectivity index (χ4v) is 3.23. The van der Waals surface area contributed by atoms with Crippen molar-refractivity contribution < 1.29 is 0 Å². The van der Waals surface area contributed by atoms with Crippen LogP contribution in [0.2, 0.25) is 0 Å². The Bertz CT molecular complexity index is 749. The molecule has 1 atom stereocenters. The Morgan fingerprint density at radius 2 is 1.60 bits per heavy atom. The van der Waals surface area contributed by atoms with Crippen molar-refractivity contribution in [2.45, 2.75) is 18.8 Å². The number of benzene rings is 3. The molecule has 3 aromatic rings. The van der Waals surface area contributed by atoms with Gasteiger partial charge in [0.1, 0.15) is 0 Å². The van der Waals surface area contributed by atoms with Crippen molar-refractivity contribution in [3.63, 3.8) is 0 Å². The summed E-state index contributed by atoms with van der Waals surface area (Å²) in [6.45, 7) is 0. The monoisotopic (exact) mass is 256 g/mol. The van der Waals surface area contributed by atoms with Crippen molar-refractivity contribution in [1.29, 1.82) is 0 Å². The minimum absolute atomic E-state index is 0.413. The summed E-state index contributed by atoms with van der Waals surface area (Å²) in [4.78, 5) is 0. The Labute approximate surface area is 120 Å². The van der Waals surface area contributed by atoms with Crippen LogP contribution in [0.4, 0.5) is 0 Å². The fraction of sp³-hybridized carbons (Fsp3) is 0.150. The molecule has 0 saturated heterocycles. The van der Waals surface area contributed by atoms with Crippen LogP contribution in [0.15, 0.2) is 66.7 Å². The standard InChI is InChI=1S/C20H16/c1-2-8-17-14-18(13-12-15(17)6-1)20-11-5-9-16-7-3-4-10-19(16)20/h1-11,18H,12-13H2. The van der Waals surface area contributed by atoms with E-state index in [2.05, 4.69) is 73.2 Å². The van der Waals surface area contributed by atoms with Gasteiger partial charge in [-0.25, -0.2) is 0 Å². The van der Waals surface area contributed by atoms with Gasteiger partial charge < -0.3 is 0 Å².